The summed E-state index contributed by atoms with van der Waals surface area (Å²) in [5.74, 6) is 0.221. The van der Waals surface area contributed by atoms with Gasteiger partial charge in [0.15, 0.2) is 0 Å². The first-order chi connectivity index (χ1) is 13.6. The largest absolute Gasteiger partial charge is 0.468 e. The second kappa shape index (κ2) is 9.86. The summed E-state index contributed by atoms with van der Waals surface area (Å²) < 4.78 is 15.5. The fourth-order valence-corrected chi connectivity index (χ4v) is 4.69. The van der Waals surface area contributed by atoms with Gasteiger partial charge in [-0.3, -0.25) is 9.69 Å². The summed E-state index contributed by atoms with van der Waals surface area (Å²) in [6.45, 7) is 1.78. The lowest BCUT2D eigenvalue weighted by Crippen LogP contribution is -2.35. The van der Waals surface area contributed by atoms with Gasteiger partial charge in [-0.15, -0.1) is 11.3 Å². The molecule has 152 valence electrons. The van der Waals surface area contributed by atoms with E-state index in [1.54, 1.807) is 13.4 Å². The predicted octanol–water partition coefficient (Wildman–Crippen LogP) is 3.09. The van der Waals surface area contributed by atoms with Crippen molar-refractivity contribution in [2.75, 3.05) is 39.2 Å². The van der Waals surface area contributed by atoms with Gasteiger partial charge in [0.1, 0.15) is 10.8 Å². The molecule has 7 nitrogen and oxygen atoms in total. The molecule has 0 aliphatic heterocycles. The van der Waals surface area contributed by atoms with E-state index in [0.717, 1.165) is 37.0 Å². The lowest BCUT2D eigenvalue weighted by atomic mass is 9.95. The maximum atomic E-state index is 12.7. The van der Waals surface area contributed by atoms with Gasteiger partial charge in [0.25, 0.3) is 0 Å². The number of methoxy groups -OCH3 is 2. The van der Waals surface area contributed by atoms with Crippen molar-refractivity contribution in [3.63, 3.8) is 0 Å². The first-order valence-electron chi connectivity index (χ1n) is 9.38. The number of fused-ring (bicyclic) bond motifs is 1. The van der Waals surface area contributed by atoms with Crippen LogP contribution in [0.1, 0.15) is 39.4 Å². The van der Waals surface area contributed by atoms with Crippen LogP contribution < -0.4 is 5.32 Å². The zero-order valence-electron chi connectivity index (χ0n) is 16.3. The van der Waals surface area contributed by atoms with Crippen molar-refractivity contribution in [1.29, 1.82) is 0 Å². The summed E-state index contributed by atoms with van der Waals surface area (Å²) in [6.07, 6.45) is 5.57. The predicted molar refractivity (Wildman–Crippen MR) is 107 cm³/mol. The van der Waals surface area contributed by atoms with Gasteiger partial charge in [-0.25, -0.2) is 4.79 Å². The third-order valence-corrected chi connectivity index (χ3v) is 5.96. The van der Waals surface area contributed by atoms with Crippen LogP contribution in [-0.4, -0.2) is 50.7 Å². The third-order valence-electron chi connectivity index (χ3n) is 4.75. The van der Waals surface area contributed by atoms with Crippen molar-refractivity contribution in [3.05, 3.63) is 40.2 Å². The fraction of sp³-hybridized carbons (Fsp3) is 0.500. The lowest BCUT2D eigenvalue weighted by Gasteiger charge is -2.20. The smallest absolute Gasteiger partial charge is 0.341 e. The number of esters is 1. The van der Waals surface area contributed by atoms with Crippen molar-refractivity contribution in [2.45, 2.75) is 32.2 Å². The number of hydrogen-bond acceptors (Lipinski definition) is 7. The topological polar surface area (TPSA) is 81.0 Å². The highest BCUT2D eigenvalue weighted by Gasteiger charge is 2.27. The Bertz CT molecular complexity index is 800. The number of hydrogen-bond donors (Lipinski definition) is 1. The monoisotopic (exact) mass is 406 g/mol. The number of thiophene rings is 1. The molecule has 0 unspecified atom stereocenters. The molecular formula is C20H26N2O5S. The second-order valence-electron chi connectivity index (χ2n) is 6.74. The Kier molecular flexibility index (Phi) is 7.24. The number of aryl methyl sites for hydroxylation is 1. The Morgan fingerprint density at radius 1 is 1.29 bits per heavy atom. The molecule has 1 aliphatic rings. The molecule has 0 aromatic carbocycles. The Hall–Kier alpha value is -2.16. The first kappa shape index (κ1) is 20.6. The second-order valence-corrected chi connectivity index (χ2v) is 7.84. The highest BCUT2D eigenvalue weighted by molar-refractivity contribution is 7.17. The van der Waals surface area contributed by atoms with Crippen molar-refractivity contribution < 1.29 is 23.5 Å². The van der Waals surface area contributed by atoms with Crippen LogP contribution >= 0.6 is 11.3 Å². The van der Waals surface area contributed by atoms with Gasteiger partial charge in [0, 0.05) is 18.5 Å². The Morgan fingerprint density at radius 3 is 2.82 bits per heavy atom. The zero-order chi connectivity index (χ0) is 19.9. The molecule has 8 heteroatoms. The highest BCUT2D eigenvalue weighted by Crippen LogP contribution is 2.38. The Labute approximate surface area is 168 Å². The van der Waals surface area contributed by atoms with Gasteiger partial charge >= 0.3 is 5.97 Å². The molecule has 2 aromatic rings. The van der Waals surface area contributed by atoms with E-state index in [4.69, 9.17) is 13.9 Å². The quantitative estimate of drug-likeness (QED) is 0.645. The van der Waals surface area contributed by atoms with Crippen LogP contribution in [0.3, 0.4) is 0 Å². The first-order valence-corrected chi connectivity index (χ1v) is 10.2. The molecule has 0 saturated carbocycles. The van der Waals surface area contributed by atoms with Gasteiger partial charge in [0.2, 0.25) is 5.91 Å². The normalized spacial score (nSPS) is 13.4. The van der Waals surface area contributed by atoms with E-state index in [0.29, 0.717) is 30.3 Å². The van der Waals surface area contributed by atoms with Crippen LogP contribution in [0.4, 0.5) is 5.00 Å². The van der Waals surface area contributed by atoms with Crippen molar-refractivity contribution in [3.8, 4) is 0 Å². The minimum Gasteiger partial charge on any atom is -0.468 e. The molecule has 0 radical (unpaired) electrons. The third kappa shape index (κ3) is 5.01. The maximum absolute atomic E-state index is 12.7. The highest BCUT2D eigenvalue weighted by atomic mass is 32.1. The number of amides is 1. The van der Waals surface area contributed by atoms with E-state index in [1.807, 2.05) is 17.0 Å². The van der Waals surface area contributed by atoms with Crippen LogP contribution in [0, 0.1) is 0 Å². The van der Waals surface area contributed by atoms with E-state index in [9.17, 15) is 9.59 Å². The SMILES string of the molecule is COCCN(CC(=O)Nc1sc2c(c1C(=O)OC)CCCC2)Cc1ccco1. The van der Waals surface area contributed by atoms with E-state index in [1.165, 1.54) is 23.3 Å². The number of ether oxygens (including phenoxy) is 2. The molecule has 0 saturated heterocycles. The minimum absolute atomic E-state index is 0.174. The standard InChI is InChI=1S/C20H26N2O5S/c1-25-11-9-22(12-14-6-5-10-27-14)13-17(23)21-19-18(20(24)26-2)15-7-3-4-8-16(15)28-19/h5-6,10H,3-4,7-9,11-13H2,1-2H3,(H,21,23). The van der Waals surface area contributed by atoms with Crippen molar-refractivity contribution in [1.82, 2.24) is 4.90 Å². The van der Waals surface area contributed by atoms with Gasteiger partial charge in [-0.1, -0.05) is 0 Å². The molecule has 0 fully saturated rings. The average molecular weight is 407 g/mol. The average Bonchev–Trinajstić information content (AvgIpc) is 3.32. The van der Waals surface area contributed by atoms with E-state index in [2.05, 4.69) is 5.32 Å². The van der Waals surface area contributed by atoms with Crippen LogP contribution in [0.15, 0.2) is 22.8 Å². The summed E-state index contributed by atoms with van der Waals surface area (Å²) >= 11 is 1.49. The number of nitrogens with zero attached hydrogens (tertiary/aromatic N) is 1. The van der Waals surface area contributed by atoms with E-state index in [-0.39, 0.29) is 18.4 Å². The van der Waals surface area contributed by atoms with Gasteiger partial charge in [-0.2, -0.15) is 0 Å². The minimum atomic E-state index is -0.387. The summed E-state index contributed by atoms with van der Waals surface area (Å²) in [4.78, 5) is 28.2. The maximum Gasteiger partial charge on any atom is 0.341 e. The van der Waals surface area contributed by atoms with Gasteiger partial charge in [0.05, 0.1) is 38.6 Å². The zero-order valence-corrected chi connectivity index (χ0v) is 17.1. The molecule has 2 heterocycles. The molecule has 0 spiro atoms. The molecule has 3 rings (SSSR count). The van der Waals surface area contributed by atoms with E-state index < -0.39 is 0 Å². The van der Waals surface area contributed by atoms with Gasteiger partial charge < -0.3 is 19.2 Å². The number of carbonyl (C=O) groups excluding carboxylic acids is 2. The molecule has 1 amide bonds. The van der Waals surface area contributed by atoms with Gasteiger partial charge in [-0.05, 0) is 43.4 Å². The number of rotatable bonds is 9. The molecule has 0 bridgehead atoms. The van der Waals surface area contributed by atoms with Crippen LogP contribution in [0.5, 0.6) is 0 Å². The van der Waals surface area contributed by atoms with Crippen LogP contribution in [0.2, 0.25) is 0 Å². The van der Waals surface area contributed by atoms with Crippen LogP contribution in [0.25, 0.3) is 0 Å². The summed E-state index contributed by atoms with van der Waals surface area (Å²) in [5.41, 5.74) is 1.55. The summed E-state index contributed by atoms with van der Waals surface area (Å²) in [6, 6.07) is 3.70. The summed E-state index contributed by atoms with van der Waals surface area (Å²) in [5, 5.41) is 3.53. The van der Waals surface area contributed by atoms with Crippen LogP contribution in [-0.2, 0) is 33.7 Å². The fourth-order valence-electron chi connectivity index (χ4n) is 3.40. The number of carbonyl (C=O) groups is 2. The molecule has 0 atom stereocenters. The number of anilines is 1. The van der Waals surface area contributed by atoms with Crippen molar-refractivity contribution >= 4 is 28.2 Å². The number of furan rings is 1. The molecule has 1 aliphatic carbocycles. The lowest BCUT2D eigenvalue weighted by molar-refractivity contribution is -0.117. The molecular weight excluding hydrogens is 380 g/mol. The molecule has 2 aromatic heterocycles. The molecule has 28 heavy (non-hydrogen) atoms. The van der Waals surface area contributed by atoms with E-state index >= 15 is 0 Å². The van der Waals surface area contributed by atoms with Crippen molar-refractivity contribution in [2.24, 2.45) is 0 Å². The Morgan fingerprint density at radius 2 is 2.11 bits per heavy atom. The Balaban J connectivity index is 1.72. The molecule has 1 N–H and O–H groups in total. The summed E-state index contributed by atoms with van der Waals surface area (Å²) in [7, 11) is 3.00. The number of nitrogens with one attached hydrogen (secondary N) is 1.